The van der Waals surface area contributed by atoms with Gasteiger partial charge in [0.05, 0.1) is 0 Å². The summed E-state index contributed by atoms with van der Waals surface area (Å²) in [4.78, 5) is 36.7. The fourth-order valence-corrected chi connectivity index (χ4v) is 4.30. The van der Waals surface area contributed by atoms with E-state index in [0.29, 0.717) is 5.69 Å². The maximum atomic E-state index is 13.4. The van der Waals surface area contributed by atoms with Crippen molar-refractivity contribution in [3.8, 4) is 0 Å². The van der Waals surface area contributed by atoms with Gasteiger partial charge in [0.15, 0.2) is 0 Å². The summed E-state index contributed by atoms with van der Waals surface area (Å²) in [5.74, 6) is -1.90. The number of aryl methyl sites for hydroxylation is 2. The Morgan fingerprint density at radius 2 is 1.52 bits per heavy atom. The van der Waals surface area contributed by atoms with Crippen LogP contribution in [0.2, 0.25) is 0 Å². The zero-order valence-corrected chi connectivity index (χ0v) is 19.1. The lowest BCUT2D eigenvalue weighted by Gasteiger charge is -2.19. The molecular weight excluding hydrogens is 436 g/mol. The molecule has 0 heterocycles. The summed E-state index contributed by atoms with van der Waals surface area (Å²) < 4.78 is 0. The topological polar surface area (TPSA) is 95.5 Å². The third-order valence-electron chi connectivity index (χ3n) is 4.80. The predicted molar refractivity (Wildman–Crippen MR) is 131 cm³/mol. The van der Waals surface area contributed by atoms with E-state index in [0.717, 1.165) is 39.4 Å². The van der Waals surface area contributed by atoms with Crippen molar-refractivity contribution < 1.29 is 19.5 Å². The molecule has 0 fully saturated rings. The van der Waals surface area contributed by atoms with E-state index < -0.39 is 17.1 Å². The zero-order valence-electron chi connectivity index (χ0n) is 18.2. The van der Waals surface area contributed by atoms with E-state index in [-0.39, 0.29) is 5.91 Å². The minimum atomic E-state index is -1.20. The molecule has 0 aliphatic rings. The molecule has 0 bridgehead atoms. The normalized spacial score (nSPS) is 11.7. The van der Waals surface area contributed by atoms with Gasteiger partial charge < -0.3 is 15.7 Å². The van der Waals surface area contributed by atoms with Gasteiger partial charge in [0, 0.05) is 28.4 Å². The second-order valence-corrected chi connectivity index (χ2v) is 8.53. The maximum Gasteiger partial charge on any atom is 0.328 e. The van der Waals surface area contributed by atoms with Gasteiger partial charge in [0.2, 0.25) is 11.8 Å². The Kier molecular flexibility index (Phi) is 8.05. The first-order valence-electron chi connectivity index (χ1n) is 10.2. The van der Waals surface area contributed by atoms with E-state index in [9.17, 15) is 14.4 Å². The van der Waals surface area contributed by atoms with E-state index in [2.05, 4.69) is 10.6 Å². The fraction of sp³-hybridized carbons (Fsp3) is 0.115. The highest BCUT2D eigenvalue weighted by Crippen LogP contribution is 2.37. The lowest BCUT2D eigenvalue weighted by molar-refractivity contribution is -0.131. The summed E-state index contributed by atoms with van der Waals surface area (Å²) in [6.07, 6.45) is 1.73. The highest BCUT2D eigenvalue weighted by molar-refractivity contribution is 8.00. The molecule has 3 aromatic rings. The van der Waals surface area contributed by atoms with Crippen molar-refractivity contribution in [2.75, 3.05) is 10.6 Å². The molecule has 6 nitrogen and oxygen atoms in total. The van der Waals surface area contributed by atoms with Gasteiger partial charge in [-0.3, -0.25) is 9.59 Å². The molecule has 3 N–H and O–H groups in total. The van der Waals surface area contributed by atoms with Gasteiger partial charge in [-0.2, -0.15) is 0 Å². The molecule has 0 aliphatic carbocycles. The number of nitrogens with one attached hydrogen (secondary N) is 2. The molecule has 7 heteroatoms. The van der Waals surface area contributed by atoms with E-state index in [1.165, 1.54) is 11.8 Å². The largest absolute Gasteiger partial charge is 0.478 e. The van der Waals surface area contributed by atoms with Gasteiger partial charge in [-0.1, -0.05) is 54.6 Å². The molecule has 0 spiro atoms. The molecule has 3 rings (SSSR count). The van der Waals surface area contributed by atoms with Crippen molar-refractivity contribution >= 4 is 40.9 Å². The highest BCUT2D eigenvalue weighted by atomic mass is 32.2. The van der Waals surface area contributed by atoms with E-state index in [1.54, 1.807) is 18.2 Å². The molecule has 0 saturated carbocycles. The summed E-state index contributed by atoms with van der Waals surface area (Å²) >= 11 is 1.36. The molecule has 1 unspecified atom stereocenters. The molecule has 0 aliphatic heterocycles. The average Bonchev–Trinajstić information content (AvgIpc) is 2.79. The van der Waals surface area contributed by atoms with Crippen molar-refractivity contribution in [1.29, 1.82) is 0 Å². The van der Waals surface area contributed by atoms with Gasteiger partial charge in [-0.15, -0.1) is 11.8 Å². The summed E-state index contributed by atoms with van der Waals surface area (Å²) in [5, 5.41) is 13.8. The third-order valence-corrected chi connectivity index (χ3v) is 6.05. The van der Waals surface area contributed by atoms with Crippen LogP contribution in [0.4, 0.5) is 11.4 Å². The third kappa shape index (κ3) is 6.82. The number of hydrogen-bond acceptors (Lipinski definition) is 4. The number of benzene rings is 3. The van der Waals surface area contributed by atoms with Crippen molar-refractivity contribution in [1.82, 2.24) is 0 Å². The number of amides is 2. The summed E-state index contributed by atoms with van der Waals surface area (Å²) in [6.45, 7) is 3.91. The number of anilines is 2. The smallest absolute Gasteiger partial charge is 0.328 e. The number of aliphatic carboxylic acids is 1. The lowest BCUT2D eigenvalue weighted by Crippen LogP contribution is -2.20. The van der Waals surface area contributed by atoms with Gasteiger partial charge in [-0.25, -0.2) is 4.79 Å². The molecule has 0 aromatic heterocycles. The Balaban J connectivity index is 1.84. The summed E-state index contributed by atoms with van der Waals surface area (Å²) in [5.41, 5.74) is 4.13. The maximum absolute atomic E-state index is 13.4. The van der Waals surface area contributed by atoms with Crippen molar-refractivity contribution in [2.45, 2.75) is 24.0 Å². The second-order valence-electron chi connectivity index (χ2n) is 7.35. The lowest BCUT2D eigenvalue weighted by atomic mass is 10.1. The SMILES string of the molecule is Cc1cccc(C)c1NC(=O)C(Sc1cccc(NC(=O)/C=C/C(=O)O)c1)c1ccccc1. The van der Waals surface area contributed by atoms with Crippen molar-refractivity contribution in [2.24, 2.45) is 0 Å². The molecular formula is C26H24N2O4S. The van der Waals surface area contributed by atoms with Crippen molar-refractivity contribution in [3.63, 3.8) is 0 Å². The fourth-order valence-electron chi connectivity index (χ4n) is 3.22. The van der Waals surface area contributed by atoms with Crippen LogP contribution in [0.5, 0.6) is 0 Å². The number of rotatable bonds is 8. The zero-order chi connectivity index (χ0) is 23.8. The van der Waals surface area contributed by atoms with Crippen LogP contribution in [0.15, 0.2) is 89.8 Å². The second kappa shape index (κ2) is 11.2. The number of carbonyl (C=O) groups is 3. The first-order chi connectivity index (χ1) is 15.8. The predicted octanol–water partition coefficient (Wildman–Crippen LogP) is 5.35. The van der Waals surface area contributed by atoms with Crippen LogP contribution in [0.1, 0.15) is 21.9 Å². The molecule has 3 aromatic carbocycles. The van der Waals surface area contributed by atoms with Crippen LogP contribution >= 0.6 is 11.8 Å². The highest BCUT2D eigenvalue weighted by Gasteiger charge is 2.23. The van der Waals surface area contributed by atoms with Gasteiger partial charge in [-0.05, 0) is 48.7 Å². The number of carboxylic acids is 1. The summed E-state index contributed by atoms with van der Waals surface area (Å²) in [7, 11) is 0. The molecule has 168 valence electrons. The van der Waals surface area contributed by atoms with Crippen LogP contribution in [-0.4, -0.2) is 22.9 Å². The first-order valence-corrected chi connectivity index (χ1v) is 11.1. The van der Waals surface area contributed by atoms with Crippen LogP contribution in [-0.2, 0) is 14.4 Å². The molecule has 0 radical (unpaired) electrons. The number of carboxylic acid groups (broad SMARTS) is 1. The standard InChI is InChI=1S/C26H24N2O4S/c1-17-8-6-9-18(2)24(17)28-26(32)25(19-10-4-3-5-11-19)33-21-13-7-12-20(16-21)27-22(29)14-15-23(30)31/h3-16,25H,1-2H3,(H,27,29)(H,28,32)(H,30,31)/b15-14+. The Labute approximate surface area is 196 Å². The van der Waals surface area contributed by atoms with Gasteiger partial charge in [0.1, 0.15) is 5.25 Å². The van der Waals surface area contributed by atoms with Crippen LogP contribution < -0.4 is 10.6 Å². The number of carbonyl (C=O) groups excluding carboxylic acids is 2. The minimum absolute atomic E-state index is 0.151. The molecule has 1 atom stereocenters. The van der Waals surface area contributed by atoms with Crippen LogP contribution in [0.3, 0.4) is 0 Å². The van der Waals surface area contributed by atoms with Crippen LogP contribution in [0.25, 0.3) is 0 Å². The summed E-state index contributed by atoms with van der Waals surface area (Å²) in [6, 6.07) is 22.4. The van der Waals surface area contributed by atoms with E-state index in [1.807, 2.05) is 68.4 Å². The average molecular weight is 461 g/mol. The molecule has 0 saturated heterocycles. The van der Waals surface area contributed by atoms with E-state index in [4.69, 9.17) is 5.11 Å². The monoisotopic (exact) mass is 460 g/mol. The molecule has 33 heavy (non-hydrogen) atoms. The number of para-hydroxylation sites is 1. The molecule has 2 amide bonds. The Bertz CT molecular complexity index is 1170. The van der Waals surface area contributed by atoms with E-state index >= 15 is 0 Å². The minimum Gasteiger partial charge on any atom is -0.478 e. The number of hydrogen-bond donors (Lipinski definition) is 3. The number of thioether (sulfide) groups is 1. The quantitative estimate of drug-likeness (QED) is 0.311. The Morgan fingerprint density at radius 3 is 2.18 bits per heavy atom. The van der Waals surface area contributed by atoms with Crippen molar-refractivity contribution in [3.05, 3.63) is 102 Å². The Hall–Kier alpha value is -3.84. The van der Waals surface area contributed by atoms with Gasteiger partial charge >= 0.3 is 5.97 Å². The first kappa shape index (κ1) is 23.8. The Morgan fingerprint density at radius 1 is 0.848 bits per heavy atom. The van der Waals surface area contributed by atoms with Crippen LogP contribution in [0, 0.1) is 13.8 Å². The van der Waals surface area contributed by atoms with Gasteiger partial charge in [0.25, 0.3) is 0 Å².